The zero-order valence-electron chi connectivity index (χ0n) is 13.0. The van der Waals surface area contributed by atoms with Crippen molar-refractivity contribution in [3.05, 3.63) is 42.5 Å². The maximum Gasteiger partial charge on any atom is 0.317 e. The average molecular weight is 316 g/mol. The maximum atomic E-state index is 11.7. The van der Waals surface area contributed by atoms with E-state index >= 15 is 0 Å². The number of nitrogens with zero attached hydrogens (tertiary/aromatic N) is 1. The molecule has 2 amide bonds. The third-order valence-corrected chi connectivity index (χ3v) is 3.38. The van der Waals surface area contributed by atoms with Crippen LogP contribution in [0.2, 0.25) is 0 Å². The van der Waals surface area contributed by atoms with Gasteiger partial charge in [0.25, 0.3) is 0 Å². The van der Waals surface area contributed by atoms with Crippen molar-refractivity contribution in [2.24, 2.45) is 0 Å². The molecular weight excluding hydrogens is 296 g/mol. The molecule has 23 heavy (non-hydrogen) atoms. The van der Waals surface area contributed by atoms with E-state index in [1.54, 1.807) is 7.05 Å². The van der Waals surface area contributed by atoms with Gasteiger partial charge in [-0.3, -0.25) is 4.79 Å². The minimum absolute atomic E-state index is 0.0719. The van der Waals surface area contributed by atoms with Crippen molar-refractivity contribution < 1.29 is 19.4 Å². The van der Waals surface area contributed by atoms with Gasteiger partial charge in [-0.05, 0) is 22.9 Å². The molecule has 0 spiro atoms. The fourth-order valence-corrected chi connectivity index (χ4v) is 2.08. The zero-order chi connectivity index (χ0) is 16.7. The number of carboxylic acid groups (broad SMARTS) is 1. The lowest BCUT2D eigenvalue weighted by Crippen LogP contribution is -2.40. The van der Waals surface area contributed by atoms with E-state index in [1.807, 2.05) is 42.5 Å². The lowest BCUT2D eigenvalue weighted by Gasteiger charge is -2.17. The summed E-state index contributed by atoms with van der Waals surface area (Å²) in [6.45, 7) is 0.868. The Labute approximate surface area is 134 Å². The van der Waals surface area contributed by atoms with Crippen LogP contribution in [0.3, 0.4) is 0 Å². The first-order valence-electron chi connectivity index (χ1n) is 7.38. The highest BCUT2D eigenvalue weighted by atomic mass is 16.5. The van der Waals surface area contributed by atoms with Gasteiger partial charge in [0, 0.05) is 13.6 Å². The number of rotatable bonds is 7. The number of carbonyl (C=O) groups is 2. The first-order chi connectivity index (χ1) is 11.1. The van der Waals surface area contributed by atoms with Crippen LogP contribution >= 0.6 is 0 Å². The Morgan fingerprint density at radius 2 is 1.91 bits per heavy atom. The molecule has 0 aliphatic heterocycles. The number of urea groups is 1. The van der Waals surface area contributed by atoms with Crippen LogP contribution in [0.25, 0.3) is 10.8 Å². The topological polar surface area (TPSA) is 78.9 Å². The van der Waals surface area contributed by atoms with Crippen molar-refractivity contribution in [1.29, 1.82) is 0 Å². The second-order valence-electron chi connectivity index (χ2n) is 5.15. The minimum atomic E-state index is -0.927. The van der Waals surface area contributed by atoms with Crippen LogP contribution in [0.1, 0.15) is 6.42 Å². The molecule has 2 N–H and O–H groups in total. The van der Waals surface area contributed by atoms with Gasteiger partial charge in [-0.15, -0.1) is 0 Å². The highest BCUT2D eigenvalue weighted by Crippen LogP contribution is 2.20. The Kier molecular flexibility index (Phi) is 5.80. The molecule has 122 valence electrons. The summed E-state index contributed by atoms with van der Waals surface area (Å²) in [5.74, 6) is -0.179. The number of ether oxygens (including phenoxy) is 1. The van der Waals surface area contributed by atoms with Gasteiger partial charge in [0.1, 0.15) is 12.4 Å². The lowest BCUT2D eigenvalue weighted by atomic mass is 10.1. The van der Waals surface area contributed by atoms with Gasteiger partial charge < -0.3 is 20.1 Å². The summed E-state index contributed by atoms with van der Waals surface area (Å²) in [5, 5.41) is 13.5. The molecule has 0 fully saturated rings. The quantitative estimate of drug-likeness (QED) is 0.769. The van der Waals surface area contributed by atoms with E-state index in [0.29, 0.717) is 13.2 Å². The second-order valence-corrected chi connectivity index (χ2v) is 5.15. The van der Waals surface area contributed by atoms with Gasteiger partial charge >= 0.3 is 12.0 Å². The highest BCUT2D eigenvalue weighted by Gasteiger charge is 2.09. The van der Waals surface area contributed by atoms with Crippen LogP contribution in [0.4, 0.5) is 4.79 Å². The number of fused-ring (bicyclic) bond motifs is 1. The summed E-state index contributed by atoms with van der Waals surface area (Å²) < 4.78 is 5.62. The van der Waals surface area contributed by atoms with Gasteiger partial charge in [-0.25, -0.2) is 4.79 Å². The number of carboxylic acids is 1. The molecule has 6 nitrogen and oxygen atoms in total. The van der Waals surface area contributed by atoms with Gasteiger partial charge in [-0.2, -0.15) is 0 Å². The first kappa shape index (κ1) is 16.6. The predicted molar refractivity (Wildman–Crippen MR) is 87.7 cm³/mol. The Morgan fingerprint density at radius 3 is 2.65 bits per heavy atom. The lowest BCUT2D eigenvalue weighted by molar-refractivity contribution is -0.137. The Bertz CT molecular complexity index is 687. The van der Waals surface area contributed by atoms with Crippen molar-refractivity contribution >= 4 is 22.8 Å². The number of hydrogen-bond donors (Lipinski definition) is 2. The largest absolute Gasteiger partial charge is 0.492 e. The smallest absolute Gasteiger partial charge is 0.317 e. The molecule has 0 aliphatic carbocycles. The van der Waals surface area contributed by atoms with Crippen LogP contribution in [0, 0.1) is 0 Å². The van der Waals surface area contributed by atoms with E-state index in [0.717, 1.165) is 16.5 Å². The zero-order valence-corrected chi connectivity index (χ0v) is 13.0. The molecule has 6 heteroatoms. The number of aliphatic carboxylic acids is 1. The van der Waals surface area contributed by atoms with Crippen molar-refractivity contribution in [3.8, 4) is 5.75 Å². The third-order valence-electron chi connectivity index (χ3n) is 3.38. The third kappa shape index (κ3) is 5.18. The van der Waals surface area contributed by atoms with E-state index in [4.69, 9.17) is 9.84 Å². The number of benzene rings is 2. The summed E-state index contributed by atoms with van der Waals surface area (Å²) in [6, 6.07) is 13.5. The monoisotopic (exact) mass is 316 g/mol. The molecule has 0 aliphatic rings. The predicted octanol–water partition coefficient (Wildman–Crippen LogP) is 2.33. The fourth-order valence-electron chi connectivity index (χ4n) is 2.08. The van der Waals surface area contributed by atoms with E-state index in [-0.39, 0.29) is 19.0 Å². The molecule has 2 aromatic carbocycles. The fraction of sp³-hybridized carbons (Fsp3) is 0.294. The van der Waals surface area contributed by atoms with Crippen molar-refractivity contribution in [1.82, 2.24) is 10.2 Å². The number of nitrogens with one attached hydrogen (secondary N) is 1. The molecule has 0 atom stereocenters. The molecule has 0 saturated heterocycles. The Balaban J connectivity index is 1.73. The van der Waals surface area contributed by atoms with Crippen LogP contribution in [-0.4, -0.2) is 48.8 Å². The standard InChI is InChI=1S/C17H20N2O4/c1-19(10-8-16(20)21)17(22)18-9-11-23-15-7-6-13-4-2-3-5-14(13)12-15/h2-7,12H,8-11H2,1H3,(H,18,22)(H,20,21). The summed E-state index contributed by atoms with van der Waals surface area (Å²) >= 11 is 0. The van der Waals surface area contributed by atoms with Crippen LogP contribution in [0.5, 0.6) is 5.75 Å². The molecule has 0 heterocycles. The van der Waals surface area contributed by atoms with Crippen molar-refractivity contribution in [2.75, 3.05) is 26.7 Å². The summed E-state index contributed by atoms with van der Waals surface area (Å²) in [7, 11) is 1.56. The van der Waals surface area contributed by atoms with E-state index < -0.39 is 5.97 Å². The van der Waals surface area contributed by atoms with E-state index in [9.17, 15) is 9.59 Å². The molecule has 2 rings (SSSR count). The van der Waals surface area contributed by atoms with Crippen molar-refractivity contribution in [2.45, 2.75) is 6.42 Å². The average Bonchev–Trinajstić information content (AvgIpc) is 2.56. The Morgan fingerprint density at radius 1 is 1.17 bits per heavy atom. The molecular formula is C17H20N2O4. The molecule has 0 radical (unpaired) electrons. The number of hydrogen-bond acceptors (Lipinski definition) is 3. The normalized spacial score (nSPS) is 10.3. The van der Waals surface area contributed by atoms with E-state index in [1.165, 1.54) is 4.90 Å². The number of amides is 2. The second kappa shape index (κ2) is 8.03. The SMILES string of the molecule is CN(CCC(=O)O)C(=O)NCCOc1ccc2ccccc2c1. The van der Waals surface area contributed by atoms with E-state index in [2.05, 4.69) is 5.32 Å². The molecule has 0 aromatic heterocycles. The minimum Gasteiger partial charge on any atom is -0.492 e. The van der Waals surface area contributed by atoms with Gasteiger partial charge in [-0.1, -0.05) is 30.3 Å². The molecule has 0 bridgehead atoms. The van der Waals surface area contributed by atoms with Gasteiger partial charge in [0.2, 0.25) is 0 Å². The van der Waals surface area contributed by atoms with Crippen molar-refractivity contribution in [3.63, 3.8) is 0 Å². The molecule has 0 saturated carbocycles. The maximum absolute atomic E-state index is 11.7. The van der Waals surface area contributed by atoms with Gasteiger partial charge in [0.05, 0.1) is 13.0 Å². The summed E-state index contributed by atoms with van der Waals surface area (Å²) in [5.41, 5.74) is 0. The van der Waals surface area contributed by atoms with Crippen LogP contribution < -0.4 is 10.1 Å². The highest BCUT2D eigenvalue weighted by molar-refractivity contribution is 5.83. The van der Waals surface area contributed by atoms with Crippen LogP contribution in [-0.2, 0) is 4.79 Å². The number of carbonyl (C=O) groups excluding carboxylic acids is 1. The first-order valence-corrected chi connectivity index (χ1v) is 7.38. The Hall–Kier alpha value is -2.76. The summed E-state index contributed by atoms with van der Waals surface area (Å²) in [6.07, 6.45) is -0.0719. The summed E-state index contributed by atoms with van der Waals surface area (Å²) in [4.78, 5) is 23.5. The molecule has 0 unspecified atom stereocenters. The van der Waals surface area contributed by atoms with Crippen LogP contribution in [0.15, 0.2) is 42.5 Å². The van der Waals surface area contributed by atoms with Gasteiger partial charge in [0.15, 0.2) is 0 Å². The molecule has 2 aromatic rings.